The highest BCUT2D eigenvalue weighted by molar-refractivity contribution is 9.10. The van der Waals surface area contributed by atoms with Gasteiger partial charge in [-0.3, -0.25) is 0 Å². The van der Waals surface area contributed by atoms with Crippen LogP contribution in [0.4, 0.5) is 10.5 Å². The fraction of sp³-hybridized carbons (Fsp3) is 0.385. The number of ether oxygens (including phenoxy) is 1. The number of carbonyl (C=O) groups is 2. The molecule has 0 radical (unpaired) electrons. The van der Waals surface area contributed by atoms with E-state index >= 15 is 0 Å². The lowest BCUT2D eigenvalue weighted by atomic mass is 9.89. The van der Waals surface area contributed by atoms with E-state index in [1.165, 1.54) is 6.07 Å². The van der Waals surface area contributed by atoms with Gasteiger partial charge in [0.05, 0.1) is 17.4 Å². The van der Waals surface area contributed by atoms with Gasteiger partial charge in [-0.2, -0.15) is 0 Å². The zero-order chi connectivity index (χ0) is 14.7. The van der Waals surface area contributed by atoms with Gasteiger partial charge in [0.25, 0.3) is 0 Å². The molecule has 0 bridgehead atoms. The zero-order valence-corrected chi connectivity index (χ0v) is 12.4. The Morgan fingerprint density at radius 3 is 2.70 bits per heavy atom. The van der Waals surface area contributed by atoms with Crippen molar-refractivity contribution < 1.29 is 19.4 Å². The quantitative estimate of drug-likeness (QED) is 0.784. The first kappa shape index (κ1) is 14.8. The molecule has 3 N–H and O–H groups in total. The molecule has 2 amide bonds. The van der Waals surface area contributed by atoms with Crippen LogP contribution in [-0.2, 0) is 4.74 Å². The Bertz CT molecular complexity index is 529. The van der Waals surface area contributed by atoms with Gasteiger partial charge in [-0.25, -0.2) is 9.59 Å². The number of hydrogen-bond acceptors (Lipinski definition) is 3. The average Bonchev–Trinajstić information content (AvgIpc) is 2.32. The Labute approximate surface area is 124 Å². The number of carboxylic acid groups (broad SMARTS) is 1. The molecule has 0 spiro atoms. The van der Waals surface area contributed by atoms with Crippen molar-refractivity contribution in [3.05, 3.63) is 28.2 Å². The molecule has 108 valence electrons. The lowest BCUT2D eigenvalue weighted by molar-refractivity contribution is 0.0210. The molecule has 0 atom stereocenters. The summed E-state index contributed by atoms with van der Waals surface area (Å²) < 4.78 is 5.82. The molecule has 0 aliphatic heterocycles. The van der Waals surface area contributed by atoms with Crippen molar-refractivity contribution in [2.75, 3.05) is 12.4 Å². The summed E-state index contributed by atoms with van der Waals surface area (Å²) in [5.41, 5.74) is 0.304. The Morgan fingerprint density at radius 2 is 2.10 bits per heavy atom. The number of hydrogen-bond donors (Lipinski definition) is 3. The molecule has 2 rings (SSSR count). The fourth-order valence-corrected chi connectivity index (χ4v) is 2.39. The number of urea groups is 1. The van der Waals surface area contributed by atoms with Crippen molar-refractivity contribution in [2.45, 2.75) is 25.0 Å². The minimum absolute atomic E-state index is 0.0479. The molecule has 1 aliphatic carbocycles. The fourth-order valence-electron chi connectivity index (χ4n) is 2.03. The Morgan fingerprint density at radius 1 is 1.40 bits per heavy atom. The average molecular weight is 343 g/mol. The summed E-state index contributed by atoms with van der Waals surface area (Å²) in [6.45, 7) is 0. The summed E-state index contributed by atoms with van der Waals surface area (Å²) in [4.78, 5) is 22.9. The lowest BCUT2D eigenvalue weighted by Crippen LogP contribution is -2.48. The maximum atomic E-state index is 11.8. The summed E-state index contributed by atoms with van der Waals surface area (Å²) >= 11 is 3.25. The molecule has 6 nitrogen and oxygen atoms in total. The highest BCUT2D eigenvalue weighted by Gasteiger charge is 2.30. The number of benzene rings is 1. The van der Waals surface area contributed by atoms with E-state index in [-0.39, 0.29) is 23.4 Å². The van der Waals surface area contributed by atoms with Crippen LogP contribution in [0.15, 0.2) is 22.7 Å². The van der Waals surface area contributed by atoms with Crippen molar-refractivity contribution in [3.8, 4) is 0 Å². The van der Waals surface area contributed by atoms with Crippen molar-refractivity contribution in [2.24, 2.45) is 0 Å². The van der Waals surface area contributed by atoms with E-state index in [0.717, 1.165) is 12.8 Å². The number of nitrogens with one attached hydrogen (secondary N) is 2. The van der Waals surface area contributed by atoms with Crippen LogP contribution in [0.2, 0.25) is 0 Å². The SMILES string of the molecule is COC1CC(NC(=O)Nc2cc(Br)ccc2C(=O)O)C1. The second kappa shape index (κ2) is 6.23. The summed E-state index contributed by atoms with van der Waals surface area (Å²) in [5, 5.41) is 14.4. The van der Waals surface area contributed by atoms with Gasteiger partial charge in [0.1, 0.15) is 0 Å². The topological polar surface area (TPSA) is 87.7 Å². The summed E-state index contributed by atoms with van der Waals surface area (Å²) in [7, 11) is 1.64. The van der Waals surface area contributed by atoms with Gasteiger partial charge >= 0.3 is 12.0 Å². The first-order chi connectivity index (χ1) is 9.49. The minimum atomic E-state index is -1.09. The van der Waals surface area contributed by atoms with Gasteiger partial charge < -0.3 is 20.5 Å². The molecule has 0 heterocycles. The molecular formula is C13H15BrN2O4. The van der Waals surface area contributed by atoms with Crippen LogP contribution in [-0.4, -0.2) is 36.4 Å². The van der Waals surface area contributed by atoms with Crippen LogP contribution in [0, 0.1) is 0 Å². The van der Waals surface area contributed by atoms with E-state index in [2.05, 4.69) is 26.6 Å². The van der Waals surface area contributed by atoms with Crippen molar-refractivity contribution in [1.82, 2.24) is 5.32 Å². The molecule has 1 aromatic rings. The third-order valence-electron chi connectivity index (χ3n) is 3.22. The second-order valence-electron chi connectivity index (χ2n) is 4.62. The van der Waals surface area contributed by atoms with E-state index < -0.39 is 12.0 Å². The van der Waals surface area contributed by atoms with E-state index in [1.54, 1.807) is 19.2 Å². The second-order valence-corrected chi connectivity index (χ2v) is 5.54. The largest absolute Gasteiger partial charge is 0.478 e. The molecule has 20 heavy (non-hydrogen) atoms. The summed E-state index contributed by atoms with van der Waals surface area (Å²) in [6, 6.07) is 4.26. The number of methoxy groups -OCH3 is 1. The smallest absolute Gasteiger partial charge is 0.337 e. The number of carboxylic acids is 1. The molecule has 0 saturated heterocycles. The van der Waals surface area contributed by atoms with E-state index in [0.29, 0.717) is 4.47 Å². The van der Waals surface area contributed by atoms with Crippen molar-refractivity contribution in [1.29, 1.82) is 0 Å². The number of rotatable bonds is 4. The Kier molecular flexibility index (Phi) is 4.61. The van der Waals surface area contributed by atoms with Gasteiger partial charge in [0.15, 0.2) is 0 Å². The maximum absolute atomic E-state index is 11.8. The number of anilines is 1. The van der Waals surface area contributed by atoms with Crippen LogP contribution < -0.4 is 10.6 Å². The molecule has 1 aliphatic rings. The van der Waals surface area contributed by atoms with Crippen molar-refractivity contribution in [3.63, 3.8) is 0 Å². The van der Waals surface area contributed by atoms with Gasteiger partial charge in [0.2, 0.25) is 0 Å². The monoisotopic (exact) mass is 342 g/mol. The highest BCUT2D eigenvalue weighted by Crippen LogP contribution is 2.24. The van der Waals surface area contributed by atoms with E-state index in [1.807, 2.05) is 0 Å². The minimum Gasteiger partial charge on any atom is -0.478 e. The zero-order valence-electron chi connectivity index (χ0n) is 10.9. The molecular weight excluding hydrogens is 328 g/mol. The molecule has 7 heteroatoms. The highest BCUT2D eigenvalue weighted by atomic mass is 79.9. The number of halogens is 1. The number of carbonyl (C=O) groups excluding carboxylic acids is 1. The Balaban J connectivity index is 1.97. The molecule has 0 aromatic heterocycles. The normalized spacial score (nSPS) is 20.9. The molecule has 1 saturated carbocycles. The molecule has 1 fully saturated rings. The number of amides is 2. The van der Waals surface area contributed by atoms with Crippen molar-refractivity contribution >= 4 is 33.6 Å². The first-order valence-electron chi connectivity index (χ1n) is 6.12. The molecule has 1 aromatic carbocycles. The van der Waals surface area contributed by atoms with Crippen LogP contribution >= 0.6 is 15.9 Å². The predicted octanol–water partition coefficient (Wildman–Crippen LogP) is 2.45. The third-order valence-corrected chi connectivity index (χ3v) is 3.72. The Hall–Kier alpha value is -1.60. The third kappa shape index (κ3) is 3.49. The maximum Gasteiger partial charge on any atom is 0.337 e. The summed E-state index contributed by atoms with van der Waals surface area (Å²) in [6.07, 6.45) is 1.74. The van der Waals surface area contributed by atoms with Gasteiger partial charge in [-0.15, -0.1) is 0 Å². The van der Waals surface area contributed by atoms with Crippen LogP contribution in [0.25, 0.3) is 0 Å². The van der Waals surface area contributed by atoms with Crippen LogP contribution in [0.5, 0.6) is 0 Å². The van der Waals surface area contributed by atoms with Gasteiger partial charge in [0, 0.05) is 17.6 Å². The molecule has 0 unspecified atom stereocenters. The summed E-state index contributed by atoms with van der Waals surface area (Å²) in [5.74, 6) is -1.09. The predicted molar refractivity (Wildman–Crippen MR) is 77.1 cm³/mol. The van der Waals surface area contributed by atoms with E-state index in [9.17, 15) is 9.59 Å². The standard InChI is InChI=1S/C13H15BrN2O4/c1-20-9-5-8(6-9)15-13(19)16-11-4-7(14)2-3-10(11)12(17)18/h2-4,8-9H,5-6H2,1H3,(H,17,18)(H2,15,16,19). The number of aromatic carboxylic acids is 1. The van der Waals surface area contributed by atoms with E-state index in [4.69, 9.17) is 9.84 Å². The van der Waals surface area contributed by atoms with Crippen LogP contribution in [0.1, 0.15) is 23.2 Å². The van der Waals surface area contributed by atoms with Gasteiger partial charge in [-0.05, 0) is 31.0 Å². The lowest BCUT2D eigenvalue weighted by Gasteiger charge is -2.34. The van der Waals surface area contributed by atoms with Crippen LogP contribution in [0.3, 0.4) is 0 Å². The van der Waals surface area contributed by atoms with Gasteiger partial charge in [-0.1, -0.05) is 15.9 Å². The first-order valence-corrected chi connectivity index (χ1v) is 6.92.